The second kappa shape index (κ2) is 8.02. The van der Waals surface area contributed by atoms with Gasteiger partial charge in [0.15, 0.2) is 0 Å². The third-order valence-corrected chi connectivity index (χ3v) is 5.33. The van der Waals surface area contributed by atoms with Gasteiger partial charge in [0, 0.05) is 11.8 Å². The molecular formula is C20H25N5O2. The predicted octanol–water partition coefficient (Wildman–Crippen LogP) is 1.71. The zero-order valence-electron chi connectivity index (χ0n) is 15.3. The molecule has 0 aliphatic carbocycles. The maximum Gasteiger partial charge on any atom is 0.255 e. The summed E-state index contributed by atoms with van der Waals surface area (Å²) in [5.41, 5.74) is 7.59. The number of nitrogens with zero attached hydrogens (tertiary/aromatic N) is 3. The molecular weight excluding hydrogens is 342 g/mol. The SMILES string of the molecule is Nc1ncc(C(=O)N[C@H]2COC[C@@H]2N2CCCCC2)c(-c2ccccc2)n1. The molecule has 3 heterocycles. The maximum atomic E-state index is 13.0. The second-order valence-electron chi connectivity index (χ2n) is 7.14. The fourth-order valence-electron chi connectivity index (χ4n) is 3.91. The number of nitrogens with one attached hydrogen (secondary N) is 1. The van der Waals surface area contributed by atoms with E-state index in [9.17, 15) is 4.79 Å². The van der Waals surface area contributed by atoms with Gasteiger partial charge in [-0.15, -0.1) is 0 Å². The van der Waals surface area contributed by atoms with Crippen LogP contribution in [-0.4, -0.2) is 59.2 Å². The quantitative estimate of drug-likeness (QED) is 0.854. The van der Waals surface area contributed by atoms with Gasteiger partial charge in [-0.3, -0.25) is 9.69 Å². The Morgan fingerprint density at radius 1 is 1.15 bits per heavy atom. The Morgan fingerprint density at radius 2 is 1.93 bits per heavy atom. The number of anilines is 1. The number of benzene rings is 1. The van der Waals surface area contributed by atoms with E-state index in [1.165, 1.54) is 25.5 Å². The highest BCUT2D eigenvalue weighted by atomic mass is 16.5. The van der Waals surface area contributed by atoms with Crippen molar-refractivity contribution in [3.63, 3.8) is 0 Å². The first-order valence-corrected chi connectivity index (χ1v) is 9.53. The minimum Gasteiger partial charge on any atom is -0.378 e. The van der Waals surface area contributed by atoms with Crippen molar-refractivity contribution < 1.29 is 9.53 Å². The minimum absolute atomic E-state index is 0.0308. The number of amides is 1. The smallest absolute Gasteiger partial charge is 0.255 e. The Balaban J connectivity index is 1.54. The van der Waals surface area contributed by atoms with E-state index in [1.807, 2.05) is 30.3 Å². The molecule has 1 amide bonds. The lowest BCUT2D eigenvalue weighted by Gasteiger charge is -2.34. The van der Waals surface area contributed by atoms with Crippen molar-refractivity contribution in [3.8, 4) is 11.3 Å². The Labute approximate surface area is 158 Å². The Kier molecular flexibility index (Phi) is 5.31. The van der Waals surface area contributed by atoms with Gasteiger partial charge in [0.1, 0.15) is 0 Å². The van der Waals surface area contributed by atoms with Crippen molar-refractivity contribution in [2.45, 2.75) is 31.3 Å². The van der Waals surface area contributed by atoms with Gasteiger partial charge >= 0.3 is 0 Å². The molecule has 2 aromatic rings. The molecule has 27 heavy (non-hydrogen) atoms. The van der Waals surface area contributed by atoms with Crippen LogP contribution in [0, 0.1) is 0 Å². The van der Waals surface area contributed by atoms with E-state index in [2.05, 4.69) is 20.2 Å². The van der Waals surface area contributed by atoms with Crippen LogP contribution in [0.3, 0.4) is 0 Å². The molecule has 2 aliphatic heterocycles. The molecule has 7 nitrogen and oxygen atoms in total. The number of rotatable bonds is 4. The number of aromatic nitrogens is 2. The van der Waals surface area contributed by atoms with Gasteiger partial charge in [-0.2, -0.15) is 0 Å². The first-order valence-electron chi connectivity index (χ1n) is 9.53. The lowest BCUT2D eigenvalue weighted by molar-refractivity contribution is 0.0900. The third-order valence-electron chi connectivity index (χ3n) is 5.33. The monoisotopic (exact) mass is 367 g/mol. The topological polar surface area (TPSA) is 93.4 Å². The average molecular weight is 367 g/mol. The minimum atomic E-state index is -0.189. The first-order chi connectivity index (χ1) is 13.2. The van der Waals surface area contributed by atoms with E-state index in [4.69, 9.17) is 10.5 Å². The maximum absolute atomic E-state index is 13.0. The summed E-state index contributed by atoms with van der Waals surface area (Å²) in [5, 5.41) is 3.15. The summed E-state index contributed by atoms with van der Waals surface area (Å²) in [5.74, 6) is -0.0350. The number of carbonyl (C=O) groups is 1. The summed E-state index contributed by atoms with van der Waals surface area (Å²) in [6, 6.07) is 9.76. The molecule has 1 aromatic heterocycles. The lowest BCUT2D eigenvalue weighted by Crippen LogP contribution is -2.52. The van der Waals surface area contributed by atoms with Crippen LogP contribution in [0.4, 0.5) is 5.95 Å². The van der Waals surface area contributed by atoms with Crippen LogP contribution in [0.1, 0.15) is 29.6 Å². The molecule has 0 saturated carbocycles. The molecule has 2 saturated heterocycles. The zero-order valence-corrected chi connectivity index (χ0v) is 15.3. The lowest BCUT2D eigenvalue weighted by atomic mass is 10.0. The van der Waals surface area contributed by atoms with Gasteiger partial charge in [-0.1, -0.05) is 36.8 Å². The van der Waals surface area contributed by atoms with Crippen LogP contribution in [0.15, 0.2) is 36.5 Å². The molecule has 7 heteroatoms. The molecule has 0 spiro atoms. The van der Waals surface area contributed by atoms with Crippen molar-refractivity contribution in [1.29, 1.82) is 0 Å². The summed E-state index contributed by atoms with van der Waals surface area (Å²) < 4.78 is 5.69. The molecule has 0 bridgehead atoms. The van der Waals surface area contributed by atoms with Gasteiger partial charge in [0.05, 0.1) is 36.6 Å². The Hall–Kier alpha value is -2.51. The van der Waals surface area contributed by atoms with E-state index in [0.717, 1.165) is 18.7 Å². The average Bonchev–Trinajstić information content (AvgIpc) is 3.17. The van der Waals surface area contributed by atoms with E-state index < -0.39 is 0 Å². The molecule has 142 valence electrons. The number of carbonyl (C=O) groups excluding carboxylic acids is 1. The predicted molar refractivity (Wildman–Crippen MR) is 103 cm³/mol. The van der Waals surface area contributed by atoms with E-state index in [-0.39, 0.29) is 23.9 Å². The van der Waals surface area contributed by atoms with Crippen LogP contribution < -0.4 is 11.1 Å². The number of hydrogen-bond acceptors (Lipinski definition) is 6. The number of nitrogens with two attached hydrogens (primary N) is 1. The molecule has 3 N–H and O–H groups in total. The van der Waals surface area contributed by atoms with E-state index in [1.54, 1.807) is 0 Å². The van der Waals surface area contributed by atoms with Gasteiger partial charge in [0.2, 0.25) is 5.95 Å². The van der Waals surface area contributed by atoms with Gasteiger partial charge < -0.3 is 15.8 Å². The zero-order chi connectivity index (χ0) is 18.6. The van der Waals surface area contributed by atoms with Gasteiger partial charge in [-0.05, 0) is 25.9 Å². The van der Waals surface area contributed by atoms with Crippen LogP contribution in [0.25, 0.3) is 11.3 Å². The standard InChI is InChI=1S/C20H25N5O2/c21-20-22-11-15(18(24-20)14-7-3-1-4-8-14)19(26)23-16-12-27-13-17(16)25-9-5-2-6-10-25/h1,3-4,7-8,11,16-17H,2,5-6,9-10,12-13H2,(H,23,26)(H2,21,22,24)/t16-,17-/m0/s1. The summed E-state index contributed by atoms with van der Waals surface area (Å²) in [7, 11) is 0. The van der Waals surface area contributed by atoms with Crippen LogP contribution in [0.5, 0.6) is 0 Å². The molecule has 1 aromatic carbocycles. The molecule has 2 aliphatic rings. The summed E-state index contributed by atoms with van der Waals surface area (Å²) >= 11 is 0. The van der Waals surface area contributed by atoms with E-state index in [0.29, 0.717) is 24.5 Å². The van der Waals surface area contributed by atoms with Crippen molar-refractivity contribution in [1.82, 2.24) is 20.2 Å². The largest absolute Gasteiger partial charge is 0.378 e. The Bertz CT molecular complexity index is 792. The highest BCUT2D eigenvalue weighted by Crippen LogP contribution is 2.23. The summed E-state index contributed by atoms with van der Waals surface area (Å²) in [6.45, 7) is 3.33. The van der Waals surface area contributed by atoms with Gasteiger partial charge in [0.25, 0.3) is 5.91 Å². The highest BCUT2D eigenvalue weighted by Gasteiger charge is 2.35. The van der Waals surface area contributed by atoms with Crippen LogP contribution >= 0.6 is 0 Å². The van der Waals surface area contributed by atoms with Crippen LogP contribution in [-0.2, 0) is 4.74 Å². The molecule has 4 rings (SSSR count). The van der Waals surface area contributed by atoms with Gasteiger partial charge in [-0.25, -0.2) is 9.97 Å². The summed E-state index contributed by atoms with van der Waals surface area (Å²) in [4.78, 5) is 23.8. The number of hydrogen-bond donors (Lipinski definition) is 2. The Morgan fingerprint density at radius 3 is 2.70 bits per heavy atom. The number of ether oxygens (including phenoxy) is 1. The molecule has 0 radical (unpaired) electrons. The second-order valence-corrected chi connectivity index (χ2v) is 7.14. The van der Waals surface area contributed by atoms with E-state index >= 15 is 0 Å². The fourth-order valence-corrected chi connectivity index (χ4v) is 3.91. The van der Waals surface area contributed by atoms with Crippen molar-refractivity contribution in [2.75, 3.05) is 32.0 Å². The molecule has 0 unspecified atom stereocenters. The molecule has 2 fully saturated rings. The molecule has 2 atom stereocenters. The summed E-state index contributed by atoms with van der Waals surface area (Å²) in [6.07, 6.45) is 5.21. The normalized spacial score (nSPS) is 23.3. The van der Waals surface area contributed by atoms with Crippen molar-refractivity contribution in [2.24, 2.45) is 0 Å². The fraction of sp³-hybridized carbons (Fsp3) is 0.450. The number of piperidine rings is 1. The number of likely N-dealkylation sites (tertiary alicyclic amines) is 1. The number of nitrogen functional groups attached to an aromatic ring is 1. The van der Waals surface area contributed by atoms with Crippen molar-refractivity contribution in [3.05, 3.63) is 42.1 Å². The van der Waals surface area contributed by atoms with Crippen LogP contribution in [0.2, 0.25) is 0 Å². The first kappa shape index (κ1) is 17.9. The highest BCUT2D eigenvalue weighted by molar-refractivity contribution is 6.00. The third kappa shape index (κ3) is 3.94. The van der Waals surface area contributed by atoms with Crippen molar-refractivity contribution >= 4 is 11.9 Å².